The fourth-order valence-corrected chi connectivity index (χ4v) is 2.70. The molecule has 128 valence electrons. The van der Waals surface area contributed by atoms with E-state index in [0.29, 0.717) is 17.1 Å². The zero-order chi connectivity index (χ0) is 17.7. The van der Waals surface area contributed by atoms with Gasteiger partial charge < -0.3 is 15.1 Å². The first-order chi connectivity index (χ1) is 11.4. The Bertz CT molecular complexity index is 683. The van der Waals surface area contributed by atoms with Gasteiger partial charge in [0, 0.05) is 36.9 Å². The predicted molar refractivity (Wildman–Crippen MR) is 101 cm³/mol. The van der Waals surface area contributed by atoms with Gasteiger partial charge in [-0.3, -0.25) is 4.79 Å². The number of amides is 1. The fraction of sp³-hybridized carbons (Fsp3) is 0.316. The second-order valence-electron chi connectivity index (χ2n) is 6.19. The lowest BCUT2D eigenvalue weighted by Crippen LogP contribution is -2.34. The second-order valence-corrected chi connectivity index (χ2v) is 6.62. The summed E-state index contributed by atoms with van der Waals surface area (Å²) in [5.74, 6) is -0.116. The standard InChI is InChI=1S/C19H24ClN3O/c1-22(2)17-10-8-14(9-11-17)18(23(3)4)13-21-19(24)15-6-5-7-16(20)12-15/h5-12,18H,13H2,1-4H3,(H,21,24)/t18-/m1/s1. The van der Waals surface area contributed by atoms with Gasteiger partial charge >= 0.3 is 0 Å². The minimum Gasteiger partial charge on any atom is -0.378 e. The maximum absolute atomic E-state index is 12.3. The van der Waals surface area contributed by atoms with Crippen LogP contribution in [0.15, 0.2) is 48.5 Å². The zero-order valence-electron chi connectivity index (χ0n) is 14.6. The molecule has 0 aliphatic carbocycles. The molecule has 4 nitrogen and oxygen atoms in total. The Hall–Kier alpha value is -2.04. The SMILES string of the molecule is CN(C)c1ccc([C@@H](CNC(=O)c2cccc(Cl)c2)N(C)C)cc1. The van der Waals surface area contributed by atoms with Crippen LogP contribution < -0.4 is 10.2 Å². The van der Waals surface area contributed by atoms with Gasteiger partial charge in [0.2, 0.25) is 0 Å². The van der Waals surface area contributed by atoms with Crippen molar-refractivity contribution in [1.82, 2.24) is 10.2 Å². The van der Waals surface area contributed by atoms with E-state index in [1.807, 2.05) is 28.2 Å². The highest BCUT2D eigenvalue weighted by atomic mass is 35.5. The number of likely N-dealkylation sites (N-methyl/N-ethyl adjacent to an activating group) is 1. The zero-order valence-corrected chi connectivity index (χ0v) is 15.3. The summed E-state index contributed by atoms with van der Waals surface area (Å²) in [7, 11) is 8.05. The smallest absolute Gasteiger partial charge is 0.251 e. The van der Waals surface area contributed by atoms with Crippen LogP contribution in [0.5, 0.6) is 0 Å². The molecule has 1 atom stereocenters. The molecule has 0 aliphatic heterocycles. The average molecular weight is 346 g/mol. The van der Waals surface area contributed by atoms with Gasteiger partial charge in [-0.15, -0.1) is 0 Å². The van der Waals surface area contributed by atoms with Gasteiger partial charge in [0.05, 0.1) is 6.04 Å². The highest BCUT2D eigenvalue weighted by molar-refractivity contribution is 6.30. The first-order valence-corrected chi connectivity index (χ1v) is 8.23. The number of carbonyl (C=O) groups is 1. The van der Waals surface area contributed by atoms with Crippen LogP contribution in [0.3, 0.4) is 0 Å². The number of carbonyl (C=O) groups excluding carboxylic acids is 1. The van der Waals surface area contributed by atoms with E-state index in [1.54, 1.807) is 24.3 Å². The van der Waals surface area contributed by atoms with Crippen molar-refractivity contribution in [3.05, 3.63) is 64.7 Å². The summed E-state index contributed by atoms with van der Waals surface area (Å²) in [6.07, 6.45) is 0. The molecule has 0 heterocycles. The molecule has 1 N–H and O–H groups in total. The number of nitrogens with zero attached hydrogens (tertiary/aromatic N) is 2. The van der Waals surface area contributed by atoms with Crippen molar-refractivity contribution in [2.75, 3.05) is 39.6 Å². The van der Waals surface area contributed by atoms with Crippen LogP contribution in [0.4, 0.5) is 5.69 Å². The molecular weight excluding hydrogens is 322 g/mol. The molecule has 0 bridgehead atoms. The molecule has 0 unspecified atom stereocenters. The maximum atomic E-state index is 12.3. The topological polar surface area (TPSA) is 35.6 Å². The van der Waals surface area contributed by atoms with Crippen LogP contribution in [0.2, 0.25) is 5.02 Å². The molecular formula is C19H24ClN3O. The first-order valence-electron chi connectivity index (χ1n) is 7.86. The normalized spacial score (nSPS) is 12.1. The van der Waals surface area contributed by atoms with E-state index in [2.05, 4.69) is 39.4 Å². The molecule has 0 saturated heterocycles. The highest BCUT2D eigenvalue weighted by Crippen LogP contribution is 2.21. The minimum atomic E-state index is -0.116. The molecule has 1 amide bonds. The summed E-state index contributed by atoms with van der Waals surface area (Å²) < 4.78 is 0. The number of halogens is 1. The fourth-order valence-electron chi connectivity index (χ4n) is 2.51. The Balaban J connectivity index is 2.07. The molecule has 24 heavy (non-hydrogen) atoms. The van der Waals surface area contributed by atoms with E-state index in [-0.39, 0.29) is 11.9 Å². The summed E-state index contributed by atoms with van der Waals surface area (Å²) in [5.41, 5.74) is 2.89. The van der Waals surface area contributed by atoms with Gasteiger partial charge in [-0.05, 0) is 50.0 Å². The van der Waals surface area contributed by atoms with Gasteiger partial charge in [-0.2, -0.15) is 0 Å². The maximum Gasteiger partial charge on any atom is 0.251 e. The van der Waals surface area contributed by atoms with E-state index in [1.165, 1.54) is 0 Å². The molecule has 2 aromatic rings. The van der Waals surface area contributed by atoms with E-state index in [4.69, 9.17) is 11.6 Å². The summed E-state index contributed by atoms with van der Waals surface area (Å²) in [6, 6.07) is 15.5. The van der Waals surface area contributed by atoms with Crippen molar-refractivity contribution in [2.45, 2.75) is 6.04 Å². The van der Waals surface area contributed by atoms with E-state index in [9.17, 15) is 4.79 Å². The lowest BCUT2D eigenvalue weighted by Gasteiger charge is -2.26. The van der Waals surface area contributed by atoms with E-state index < -0.39 is 0 Å². The van der Waals surface area contributed by atoms with Crippen LogP contribution in [0, 0.1) is 0 Å². The van der Waals surface area contributed by atoms with Gasteiger partial charge in [0.25, 0.3) is 5.91 Å². The Kier molecular flexibility index (Phi) is 6.23. The number of anilines is 1. The molecule has 0 saturated carbocycles. The quantitative estimate of drug-likeness (QED) is 0.871. The lowest BCUT2D eigenvalue weighted by molar-refractivity contribution is 0.0942. The van der Waals surface area contributed by atoms with Gasteiger partial charge in [0.15, 0.2) is 0 Å². The predicted octanol–water partition coefficient (Wildman–Crippen LogP) is 3.44. The molecule has 2 aromatic carbocycles. The number of hydrogen-bond donors (Lipinski definition) is 1. The molecule has 0 aromatic heterocycles. The largest absolute Gasteiger partial charge is 0.378 e. The van der Waals surface area contributed by atoms with E-state index >= 15 is 0 Å². The summed E-state index contributed by atoms with van der Waals surface area (Å²) in [4.78, 5) is 16.5. The highest BCUT2D eigenvalue weighted by Gasteiger charge is 2.16. The molecule has 5 heteroatoms. The van der Waals surface area contributed by atoms with Crippen molar-refractivity contribution in [3.8, 4) is 0 Å². The van der Waals surface area contributed by atoms with Gasteiger partial charge in [-0.1, -0.05) is 29.8 Å². The average Bonchev–Trinajstić information content (AvgIpc) is 2.55. The third-order valence-corrected chi connectivity index (χ3v) is 4.20. The number of rotatable bonds is 6. The summed E-state index contributed by atoms with van der Waals surface area (Å²) >= 11 is 5.95. The van der Waals surface area contributed by atoms with Crippen molar-refractivity contribution in [3.63, 3.8) is 0 Å². The molecule has 0 fully saturated rings. The molecule has 0 spiro atoms. The molecule has 0 radical (unpaired) electrons. The number of nitrogens with one attached hydrogen (secondary N) is 1. The second kappa shape index (κ2) is 8.18. The summed E-state index contributed by atoms with van der Waals surface area (Å²) in [6.45, 7) is 0.527. The Morgan fingerprint density at radius 1 is 1.08 bits per heavy atom. The Morgan fingerprint density at radius 2 is 1.75 bits per heavy atom. The van der Waals surface area contributed by atoms with E-state index in [0.717, 1.165) is 11.3 Å². The van der Waals surface area contributed by atoms with Gasteiger partial charge in [0.1, 0.15) is 0 Å². The Labute approximate surface area is 149 Å². The number of hydrogen-bond acceptors (Lipinski definition) is 3. The van der Waals surface area contributed by atoms with Crippen molar-refractivity contribution >= 4 is 23.2 Å². The third-order valence-electron chi connectivity index (χ3n) is 3.96. The summed E-state index contributed by atoms with van der Waals surface area (Å²) in [5, 5.41) is 3.55. The number of benzene rings is 2. The van der Waals surface area contributed by atoms with Crippen molar-refractivity contribution < 1.29 is 4.79 Å². The van der Waals surface area contributed by atoms with Gasteiger partial charge in [-0.25, -0.2) is 0 Å². The van der Waals surface area contributed by atoms with Crippen LogP contribution >= 0.6 is 11.6 Å². The molecule has 0 aliphatic rings. The Morgan fingerprint density at radius 3 is 2.29 bits per heavy atom. The monoisotopic (exact) mass is 345 g/mol. The molecule has 2 rings (SSSR count). The van der Waals surface area contributed by atoms with Crippen molar-refractivity contribution in [1.29, 1.82) is 0 Å². The third kappa shape index (κ3) is 4.73. The van der Waals surface area contributed by atoms with Crippen LogP contribution in [-0.2, 0) is 0 Å². The van der Waals surface area contributed by atoms with Crippen LogP contribution in [0.25, 0.3) is 0 Å². The van der Waals surface area contributed by atoms with Crippen LogP contribution in [0.1, 0.15) is 22.0 Å². The minimum absolute atomic E-state index is 0.101. The van der Waals surface area contributed by atoms with Crippen molar-refractivity contribution in [2.24, 2.45) is 0 Å². The lowest BCUT2D eigenvalue weighted by atomic mass is 10.0. The van der Waals surface area contributed by atoms with Crippen LogP contribution in [-0.4, -0.2) is 45.5 Å². The first kappa shape index (κ1) is 18.3.